The second-order valence-corrected chi connectivity index (χ2v) is 5.52. The minimum absolute atomic E-state index is 0.0906. The van der Waals surface area contributed by atoms with Crippen LogP contribution in [0.25, 0.3) is 0 Å². The van der Waals surface area contributed by atoms with Crippen molar-refractivity contribution in [1.29, 1.82) is 0 Å². The third kappa shape index (κ3) is 5.09. The molecule has 5 nitrogen and oxygen atoms in total. The summed E-state index contributed by atoms with van der Waals surface area (Å²) in [5.74, 6) is 0.0906. The molecule has 3 atom stereocenters. The quantitative estimate of drug-likeness (QED) is 0.702. The molecule has 110 valence electrons. The molecule has 0 aromatic heterocycles. The van der Waals surface area contributed by atoms with Crippen LogP contribution in [0.4, 0.5) is 0 Å². The molecule has 2 saturated heterocycles. The first kappa shape index (κ1) is 14.8. The topological polar surface area (TPSA) is 59.6 Å². The highest BCUT2D eigenvalue weighted by atomic mass is 16.5. The average molecular weight is 270 g/mol. The molecule has 0 aromatic rings. The highest BCUT2D eigenvalue weighted by Crippen LogP contribution is 2.12. The van der Waals surface area contributed by atoms with Gasteiger partial charge in [0.05, 0.1) is 19.3 Å². The first-order valence-corrected chi connectivity index (χ1v) is 7.48. The van der Waals surface area contributed by atoms with Crippen molar-refractivity contribution in [1.82, 2.24) is 10.6 Å². The molecule has 0 aromatic carbocycles. The summed E-state index contributed by atoms with van der Waals surface area (Å²) in [6.45, 7) is 5.13. The Hall–Kier alpha value is -0.650. The number of hydrogen-bond acceptors (Lipinski definition) is 4. The zero-order valence-corrected chi connectivity index (χ0v) is 11.8. The van der Waals surface area contributed by atoms with Crippen molar-refractivity contribution in [3.05, 3.63) is 0 Å². The maximum atomic E-state index is 11.8. The number of piperidine rings is 1. The Morgan fingerprint density at radius 1 is 1.42 bits per heavy atom. The molecule has 2 aliphatic rings. The van der Waals surface area contributed by atoms with Crippen molar-refractivity contribution in [2.75, 3.05) is 26.4 Å². The van der Waals surface area contributed by atoms with Gasteiger partial charge in [0.15, 0.2) is 0 Å². The number of rotatable bonds is 6. The predicted octanol–water partition coefficient (Wildman–Crippen LogP) is 0.829. The van der Waals surface area contributed by atoms with E-state index >= 15 is 0 Å². The molecule has 19 heavy (non-hydrogen) atoms. The van der Waals surface area contributed by atoms with Crippen molar-refractivity contribution in [2.24, 2.45) is 0 Å². The van der Waals surface area contributed by atoms with E-state index in [-0.39, 0.29) is 18.1 Å². The molecule has 0 radical (unpaired) electrons. The molecule has 0 bridgehead atoms. The Morgan fingerprint density at radius 3 is 3.05 bits per heavy atom. The number of carbonyl (C=O) groups excluding carboxylic acids is 1. The molecule has 2 heterocycles. The van der Waals surface area contributed by atoms with Gasteiger partial charge in [0, 0.05) is 25.1 Å². The van der Waals surface area contributed by atoms with Gasteiger partial charge in [-0.25, -0.2) is 0 Å². The fraction of sp³-hybridized carbons (Fsp3) is 0.929. The lowest BCUT2D eigenvalue weighted by molar-refractivity contribution is -0.123. The zero-order valence-electron chi connectivity index (χ0n) is 11.8. The molecule has 2 aliphatic heterocycles. The van der Waals surface area contributed by atoms with Crippen LogP contribution in [0.3, 0.4) is 0 Å². The highest BCUT2D eigenvalue weighted by molar-refractivity contribution is 5.76. The number of hydrogen-bond donors (Lipinski definition) is 2. The van der Waals surface area contributed by atoms with Gasteiger partial charge in [-0.1, -0.05) is 0 Å². The Balaban J connectivity index is 1.53. The van der Waals surface area contributed by atoms with Gasteiger partial charge < -0.3 is 20.1 Å². The molecule has 0 spiro atoms. The van der Waals surface area contributed by atoms with Crippen molar-refractivity contribution >= 4 is 5.91 Å². The molecule has 0 saturated carbocycles. The van der Waals surface area contributed by atoms with Crippen LogP contribution in [0, 0.1) is 0 Å². The van der Waals surface area contributed by atoms with Crippen LogP contribution < -0.4 is 10.6 Å². The van der Waals surface area contributed by atoms with E-state index in [0.717, 1.165) is 38.8 Å². The van der Waals surface area contributed by atoms with Crippen LogP contribution in [0.15, 0.2) is 0 Å². The first-order chi connectivity index (χ1) is 9.25. The molecular formula is C14H26N2O3. The van der Waals surface area contributed by atoms with E-state index in [1.807, 2.05) is 0 Å². The Morgan fingerprint density at radius 2 is 2.32 bits per heavy atom. The van der Waals surface area contributed by atoms with E-state index < -0.39 is 0 Å². The van der Waals surface area contributed by atoms with E-state index in [1.165, 1.54) is 0 Å². The Kier molecular flexibility index (Phi) is 6.07. The highest BCUT2D eigenvalue weighted by Gasteiger charge is 2.22. The molecule has 2 N–H and O–H groups in total. The molecule has 3 unspecified atom stereocenters. The summed E-state index contributed by atoms with van der Waals surface area (Å²) in [5.41, 5.74) is 0. The standard InChI is InChI=1S/C14H26N2O3/c1-11-13(5-2-7-15-11)16-14(17)6-9-18-10-12-4-3-8-19-12/h11-13,15H,2-10H2,1H3,(H,16,17). The number of carbonyl (C=O) groups is 1. The lowest BCUT2D eigenvalue weighted by atomic mass is 10.00. The van der Waals surface area contributed by atoms with Crippen LogP contribution >= 0.6 is 0 Å². The van der Waals surface area contributed by atoms with Crippen LogP contribution in [0.5, 0.6) is 0 Å². The molecule has 0 aliphatic carbocycles. The maximum Gasteiger partial charge on any atom is 0.222 e. The summed E-state index contributed by atoms with van der Waals surface area (Å²) in [4.78, 5) is 11.8. The zero-order chi connectivity index (χ0) is 13.5. The molecular weight excluding hydrogens is 244 g/mol. The minimum atomic E-state index is 0.0906. The summed E-state index contributed by atoms with van der Waals surface area (Å²) < 4.78 is 11.0. The molecule has 5 heteroatoms. The van der Waals surface area contributed by atoms with Gasteiger partial charge >= 0.3 is 0 Å². The SMILES string of the molecule is CC1NCCCC1NC(=O)CCOCC1CCCO1. The van der Waals surface area contributed by atoms with Gasteiger partial charge in [-0.2, -0.15) is 0 Å². The minimum Gasteiger partial charge on any atom is -0.378 e. The van der Waals surface area contributed by atoms with Crippen LogP contribution in [-0.2, 0) is 14.3 Å². The van der Waals surface area contributed by atoms with Crippen molar-refractivity contribution < 1.29 is 14.3 Å². The van der Waals surface area contributed by atoms with Crippen LogP contribution in [-0.4, -0.2) is 50.5 Å². The summed E-state index contributed by atoms with van der Waals surface area (Å²) in [6.07, 6.45) is 5.08. The fourth-order valence-corrected chi connectivity index (χ4v) is 2.68. The van der Waals surface area contributed by atoms with E-state index in [0.29, 0.717) is 25.7 Å². The van der Waals surface area contributed by atoms with Crippen LogP contribution in [0.1, 0.15) is 39.0 Å². The fourth-order valence-electron chi connectivity index (χ4n) is 2.68. The summed E-state index contributed by atoms with van der Waals surface area (Å²) in [6, 6.07) is 0.630. The third-order valence-electron chi connectivity index (χ3n) is 3.91. The van der Waals surface area contributed by atoms with Gasteiger partial charge in [0.1, 0.15) is 0 Å². The molecule has 2 fully saturated rings. The number of ether oxygens (including phenoxy) is 2. The third-order valence-corrected chi connectivity index (χ3v) is 3.91. The molecule has 1 amide bonds. The van der Waals surface area contributed by atoms with Gasteiger partial charge in [0.2, 0.25) is 5.91 Å². The van der Waals surface area contributed by atoms with Gasteiger partial charge in [-0.15, -0.1) is 0 Å². The Labute approximate surface area is 115 Å². The van der Waals surface area contributed by atoms with Crippen molar-refractivity contribution in [3.8, 4) is 0 Å². The van der Waals surface area contributed by atoms with E-state index in [4.69, 9.17) is 9.47 Å². The van der Waals surface area contributed by atoms with E-state index in [1.54, 1.807) is 0 Å². The number of amides is 1. The largest absolute Gasteiger partial charge is 0.378 e. The first-order valence-electron chi connectivity index (χ1n) is 7.48. The monoisotopic (exact) mass is 270 g/mol. The maximum absolute atomic E-state index is 11.8. The van der Waals surface area contributed by atoms with Gasteiger partial charge in [-0.05, 0) is 39.2 Å². The van der Waals surface area contributed by atoms with E-state index in [2.05, 4.69) is 17.6 Å². The summed E-state index contributed by atoms with van der Waals surface area (Å²) >= 11 is 0. The van der Waals surface area contributed by atoms with E-state index in [9.17, 15) is 4.79 Å². The summed E-state index contributed by atoms with van der Waals surface area (Å²) in [7, 11) is 0. The summed E-state index contributed by atoms with van der Waals surface area (Å²) in [5, 5.41) is 6.46. The average Bonchev–Trinajstić information content (AvgIpc) is 2.91. The van der Waals surface area contributed by atoms with Crippen molar-refractivity contribution in [2.45, 2.75) is 57.2 Å². The lowest BCUT2D eigenvalue weighted by Crippen LogP contribution is -2.52. The Bertz CT molecular complexity index is 280. The second kappa shape index (κ2) is 7.82. The normalized spacial score (nSPS) is 31.3. The van der Waals surface area contributed by atoms with Crippen LogP contribution in [0.2, 0.25) is 0 Å². The smallest absolute Gasteiger partial charge is 0.222 e. The predicted molar refractivity (Wildman–Crippen MR) is 73.0 cm³/mol. The second-order valence-electron chi connectivity index (χ2n) is 5.52. The molecule has 2 rings (SSSR count). The van der Waals surface area contributed by atoms with Crippen molar-refractivity contribution in [3.63, 3.8) is 0 Å². The van der Waals surface area contributed by atoms with Gasteiger partial charge in [0.25, 0.3) is 0 Å². The lowest BCUT2D eigenvalue weighted by Gasteiger charge is -2.30. The number of nitrogens with one attached hydrogen (secondary N) is 2. The van der Waals surface area contributed by atoms with Gasteiger partial charge in [-0.3, -0.25) is 4.79 Å².